The average molecular weight is 165 g/mol. The molecule has 1 fully saturated rings. The molecule has 0 bridgehead atoms. The van der Waals surface area contributed by atoms with Crippen LogP contribution in [0, 0.1) is 6.92 Å². The Morgan fingerprint density at radius 1 is 1.50 bits per heavy atom. The van der Waals surface area contributed by atoms with Crippen molar-refractivity contribution in [1.82, 2.24) is 9.97 Å². The zero-order chi connectivity index (χ0) is 8.55. The molecule has 0 spiro atoms. The summed E-state index contributed by atoms with van der Waals surface area (Å²) in [5, 5.41) is 9.06. The summed E-state index contributed by atoms with van der Waals surface area (Å²) >= 11 is 0. The van der Waals surface area contributed by atoms with Gasteiger partial charge in [0.05, 0.1) is 6.10 Å². The number of hydrogen-bond acceptors (Lipinski definition) is 4. The van der Waals surface area contributed by atoms with E-state index in [1.165, 1.54) is 0 Å². The summed E-state index contributed by atoms with van der Waals surface area (Å²) in [5.74, 6) is 0.910. The number of rotatable bonds is 1. The van der Waals surface area contributed by atoms with Gasteiger partial charge < -0.3 is 10.0 Å². The Bertz CT molecular complexity index is 283. The minimum Gasteiger partial charge on any atom is -0.389 e. The van der Waals surface area contributed by atoms with E-state index < -0.39 is 0 Å². The van der Waals surface area contributed by atoms with E-state index in [4.69, 9.17) is 5.11 Å². The van der Waals surface area contributed by atoms with Crippen molar-refractivity contribution in [3.63, 3.8) is 0 Å². The predicted octanol–water partition coefficient (Wildman–Crippen LogP) is -0.0341. The summed E-state index contributed by atoms with van der Waals surface area (Å²) < 4.78 is 0. The van der Waals surface area contributed by atoms with Gasteiger partial charge in [0.2, 0.25) is 0 Å². The predicted molar refractivity (Wildman–Crippen MR) is 45.0 cm³/mol. The van der Waals surface area contributed by atoms with Gasteiger partial charge in [0.1, 0.15) is 12.1 Å². The van der Waals surface area contributed by atoms with E-state index in [-0.39, 0.29) is 6.10 Å². The van der Waals surface area contributed by atoms with Crippen LogP contribution in [0.5, 0.6) is 0 Å². The van der Waals surface area contributed by atoms with Crippen LogP contribution >= 0.6 is 0 Å². The molecule has 4 nitrogen and oxygen atoms in total. The normalized spacial score (nSPS) is 17.7. The number of hydrogen-bond donors (Lipinski definition) is 1. The number of nitrogens with zero attached hydrogens (tertiary/aromatic N) is 3. The van der Waals surface area contributed by atoms with Crippen molar-refractivity contribution in [2.24, 2.45) is 0 Å². The van der Waals surface area contributed by atoms with Gasteiger partial charge in [-0.3, -0.25) is 0 Å². The number of anilines is 1. The number of aliphatic hydroxyl groups is 1. The molecule has 0 amide bonds. The molecule has 1 N–H and O–H groups in total. The van der Waals surface area contributed by atoms with Crippen LogP contribution in [-0.2, 0) is 0 Å². The van der Waals surface area contributed by atoms with Crippen molar-refractivity contribution in [3.8, 4) is 0 Å². The molecule has 0 saturated carbocycles. The molecule has 12 heavy (non-hydrogen) atoms. The highest BCUT2D eigenvalue weighted by Gasteiger charge is 2.25. The lowest BCUT2D eigenvalue weighted by Crippen LogP contribution is -2.51. The molecule has 0 aromatic carbocycles. The van der Waals surface area contributed by atoms with Crippen LogP contribution in [-0.4, -0.2) is 34.3 Å². The van der Waals surface area contributed by atoms with Crippen molar-refractivity contribution in [1.29, 1.82) is 0 Å². The molecule has 1 saturated heterocycles. The lowest BCUT2D eigenvalue weighted by atomic mass is 10.2. The maximum Gasteiger partial charge on any atom is 0.132 e. The Morgan fingerprint density at radius 3 is 2.83 bits per heavy atom. The first-order chi connectivity index (χ1) is 5.75. The summed E-state index contributed by atoms with van der Waals surface area (Å²) in [4.78, 5) is 10.1. The molecule has 1 aromatic heterocycles. The fourth-order valence-corrected chi connectivity index (χ4v) is 1.26. The third kappa shape index (κ3) is 1.25. The highest BCUT2D eigenvalue weighted by atomic mass is 16.3. The van der Waals surface area contributed by atoms with Gasteiger partial charge >= 0.3 is 0 Å². The first-order valence-corrected chi connectivity index (χ1v) is 3.97. The van der Waals surface area contributed by atoms with Crippen LogP contribution in [0.2, 0.25) is 0 Å². The summed E-state index contributed by atoms with van der Waals surface area (Å²) in [7, 11) is 0. The molecule has 4 heteroatoms. The highest BCUT2D eigenvalue weighted by molar-refractivity contribution is 5.42. The van der Waals surface area contributed by atoms with Crippen molar-refractivity contribution in [3.05, 3.63) is 18.1 Å². The van der Waals surface area contributed by atoms with E-state index in [1.807, 2.05) is 17.9 Å². The molecular weight excluding hydrogens is 154 g/mol. The number of β-amino-alcohol motifs (C(OH)–C–C–N with tert-alkyl or cyclic N) is 1. The maximum atomic E-state index is 9.06. The summed E-state index contributed by atoms with van der Waals surface area (Å²) in [6, 6.07) is 1.92. The van der Waals surface area contributed by atoms with Gasteiger partial charge in [-0.15, -0.1) is 0 Å². The third-order valence-electron chi connectivity index (χ3n) is 1.98. The number of aromatic nitrogens is 2. The summed E-state index contributed by atoms with van der Waals surface area (Å²) in [6.45, 7) is 3.31. The molecular formula is C8H11N3O. The van der Waals surface area contributed by atoms with Gasteiger partial charge in [-0.1, -0.05) is 0 Å². The van der Waals surface area contributed by atoms with E-state index in [2.05, 4.69) is 9.97 Å². The smallest absolute Gasteiger partial charge is 0.132 e. The lowest BCUT2D eigenvalue weighted by molar-refractivity contribution is 0.141. The average Bonchev–Trinajstić information content (AvgIpc) is 1.99. The molecule has 0 radical (unpaired) electrons. The maximum absolute atomic E-state index is 9.06. The Labute approximate surface area is 70.9 Å². The zero-order valence-electron chi connectivity index (χ0n) is 6.94. The Morgan fingerprint density at radius 2 is 2.25 bits per heavy atom. The van der Waals surface area contributed by atoms with Crippen LogP contribution < -0.4 is 4.90 Å². The lowest BCUT2D eigenvalue weighted by Gasteiger charge is -2.36. The first kappa shape index (κ1) is 7.49. The minimum absolute atomic E-state index is 0.180. The van der Waals surface area contributed by atoms with Crippen molar-refractivity contribution in [2.45, 2.75) is 13.0 Å². The van der Waals surface area contributed by atoms with Crippen LogP contribution in [0.4, 0.5) is 5.82 Å². The van der Waals surface area contributed by atoms with E-state index in [0.29, 0.717) is 13.1 Å². The number of aliphatic hydroxyl groups excluding tert-OH is 1. The summed E-state index contributed by atoms with van der Waals surface area (Å²) in [6.07, 6.45) is 1.37. The van der Waals surface area contributed by atoms with E-state index in [9.17, 15) is 0 Å². The van der Waals surface area contributed by atoms with Gasteiger partial charge in [0.15, 0.2) is 0 Å². The number of aryl methyl sites for hydroxylation is 1. The SMILES string of the molecule is Cc1cc(N2CC(O)C2)ncn1. The van der Waals surface area contributed by atoms with Crippen molar-refractivity contribution >= 4 is 5.82 Å². The van der Waals surface area contributed by atoms with Crippen molar-refractivity contribution in [2.75, 3.05) is 18.0 Å². The van der Waals surface area contributed by atoms with Gasteiger partial charge in [0, 0.05) is 24.8 Å². The monoisotopic (exact) mass is 165 g/mol. The zero-order valence-corrected chi connectivity index (χ0v) is 6.94. The molecule has 64 valence electrons. The van der Waals surface area contributed by atoms with Gasteiger partial charge in [-0.05, 0) is 6.92 Å². The molecule has 1 aliphatic rings. The molecule has 0 unspecified atom stereocenters. The minimum atomic E-state index is -0.180. The highest BCUT2D eigenvalue weighted by Crippen LogP contribution is 2.17. The molecule has 1 aromatic rings. The van der Waals surface area contributed by atoms with Gasteiger partial charge in [-0.25, -0.2) is 9.97 Å². The molecule has 0 atom stereocenters. The Balaban J connectivity index is 2.13. The largest absolute Gasteiger partial charge is 0.389 e. The fraction of sp³-hybridized carbons (Fsp3) is 0.500. The van der Waals surface area contributed by atoms with E-state index in [0.717, 1.165) is 11.5 Å². The molecule has 2 rings (SSSR count). The van der Waals surface area contributed by atoms with Crippen LogP contribution in [0.3, 0.4) is 0 Å². The first-order valence-electron chi connectivity index (χ1n) is 3.97. The molecule has 1 aliphatic heterocycles. The molecule has 0 aliphatic carbocycles. The van der Waals surface area contributed by atoms with E-state index in [1.54, 1.807) is 6.33 Å². The quantitative estimate of drug-likeness (QED) is 0.634. The fourth-order valence-electron chi connectivity index (χ4n) is 1.26. The van der Waals surface area contributed by atoms with Gasteiger partial charge in [0.25, 0.3) is 0 Å². The second kappa shape index (κ2) is 2.71. The Kier molecular flexibility index (Phi) is 1.69. The van der Waals surface area contributed by atoms with Crippen LogP contribution in [0.15, 0.2) is 12.4 Å². The van der Waals surface area contributed by atoms with E-state index >= 15 is 0 Å². The second-order valence-corrected chi connectivity index (χ2v) is 3.08. The third-order valence-corrected chi connectivity index (χ3v) is 1.98. The van der Waals surface area contributed by atoms with Crippen LogP contribution in [0.25, 0.3) is 0 Å². The molecule has 2 heterocycles. The van der Waals surface area contributed by atoms with Crippen molar-refractivity contribution < 1.29 is 5.11 Å². The second-order valence-electron chi connectivity index (χ2n) is 3.08. The van der Waals surface area contributed by atoms with Gasteiger partial charge in [-0.2, -0.15) is 0 Å². The Hall–Kier alpha value is -1.16. The topological polar surface area (TPSA) is 49.2 Å². The van der Waals surface area contributed by atoms with Crippen LogP contribution in [0.1, 0.15) is 5.69 Å². The summed E-state index contributed by atoms with van der Waals surface area (Å²) in [5.41, 5.74) is 0.960. The standard InChI is InChI=1S/C8H11N3O/c1-6-2-8(10-5-9-6)11-3-7(12)4-11/h2,5,7,12H,3-4H2,1H3.